The number of hydrogen-bond acceptors (Lipinski definition) is 3. The van der Waals surface area contributed by atoms with E-state index < -0.39 is 6.09 Å². The molecule has 4 nitrogen and oxygen atoms in total. The van der Waals surface area contributed by atoms with Gasteiger partial charge in [-0.05, 0) is 0 Å². The number of carbonyl (C=O) groups excluding carboxylic acids is 2. The van der Waals surface area contributed by atoms with E-state index in [4.69, 9.17) is 0 Å². The van der Waals surface area contributed by atoms with Crippen molar-refractivity contribution in [2.45, 2.75) is 0 Å². The van der Waals surface area contributed by atoms with Crippen molar-refractivity contribution in [2.24, 2.45) is 0 Å². The summed E-state index contributed by atoms with van der Waals surface area (Å²) in [5, 5.41) is 0. The van der Waals surface area contributed by atoms with E-state index in [2.05, 4.69) is 11.3 Å². The largest absolute Gasteiger partial charge is 0.414 e. The zero-order valence-electron chi connectivity index (χ0n) is 5.96. The summed E-state index contributed by atoms with van der Waals surface area (Å²) in [7, 11) is 3.03. The fourth-order valence-corrected chi connectivity index (χ4v) is 0.227. The Kier molecular flexibility index (Phi) is 3.17. The highest BCUT2D eigenvalue weighted by Gasteiger charge is 2.05. The van der Waals surface area contributed by atoms with E-state index in [0.29, 0.717) is 6.29 Å². The van der Waals surface area contributed by atoms with Crippen molar-refractivity contribution in [2.75, 3.05) is 14.1 Å². The Bertz CT molecular complexity index is 162. The second-order valence-corrected chi connectivity index (χ2v) is 1.85. The number of rotatable bonds is 2. The van der Waals surface area contributed by atoms with Crippen LogP contribution >= 0.6 is 0 Å². The third-order valence-electron chi connectivity index (χ3n) is 0.715. The average molecular weight is 143 g/mol. The topological polar surface area (TPSA) is 46.6 Å². The Morgan fingerprint density at radius 2 is 2.10 bits per heavy atom. The summed E-state index contributed by atoms with van der Waals surface area (Å²) in [6.45, 7) is 3.16. The highest BCUT2D eigenvalue weighted by molar-refractivity contribution is 5.77. The zero-order chi connectivity index (χ0) is 8.15. The van der Waals surface area contributed by atoms with Crippen molar-refractivity contribution in [3.8, 4) is 0 Å². The molecule has 0 heterocycles. The van der Waals surface area contributed by atoms with E-state index in [0.717, 1.165) is 0 Å². The van der Waals surface area contributed by atoms with Crippen molar-refractivity contribution in [1.82, 2.24) is 4.90 Å². The van der Waals surface area contributed by atoms with Gasteiger partial charge in [0.25, 0.3) is 0 Å². The summed E-state index contributed by atoms with van der Waals surface area (Å²) in [4.78, 5) is 21.7. The number of amides is 1. The van der Waals surface area contributed by atoms with Gasteiger partial charge in [0.2, 0.25) is 0 Å². The number of hydrogen-bond donors (Lipinski definition) is 0. The molecule has 0 rings (SSSR count). The van der Waals surface area contributed by atoms with Crippen LogP contribution in [0.4, 0.5) is 4.79 Å². The molecule has 0 aromatic carbocycles. The van der Waals surface area contributed by atoms with E-state index in [1.165, 1.54) is 19.0 Å². The van der Waals surface area contributed by atoms with Crippen molar-refractivity contribution in [3.05, 3.63) is 12.3 Å². The van der Waals surface area contributed by atoms with Crippen molar-refractivity contribution in [3.63, 3.8) is 0 Å². The lowest BCUT2D eigenvalue weighted by Crippen LogP contribution is -2.22. The van der Waals surface area contributed by atoms with Crippen LogP contribution in [0.3, 0.4) is 0 Å². The van der Waals surface area contributed by atoms with Crippen LogP contribution in [0.15, 0.2) is 12.3 Å². The molecule has 0 radical (unpaired) electrons. The van der Waals surface area contributed by atoms with Gasteiger partial charge in [-0.15, -0.1) is 0 Å². The van der Waals surface area contributed by atoms with Crippen molar-refractivity contribution in [1.29, 1.82) is 0 Å². The maximum Gasteiger partial charge on any atom is 0.414 e. The third kappa shape index (κ3) is 2.86. The minimum atomic E-state index is -0.600. The van der Waals surface area contributed by atoms with E-state index in [-0.39, 0.29) is 5.76 Å². The summed E-state index contributed by atoms with van der Waals surface area (Å²) < 4.78 is 4.39. The lowest BCUT2D eigenvalue weighted by molar-refractivity contribution is -0.107. The maximum atomic E-state index is 10.6. The number of carbonyl (C=O) groups is 2. The average Bonchev–Trinajstić information content (AvgIpc) is 1.87. The SMILES string of the molecule is C=C(C=O)OC(=O)N(C)C. The molecule has 0 N–H and O–H groups in total. The van der Waals surface area contributed by atoms with Crippen LogP contribution in [0.1, 0.15) is 0 Å². The Hall–Kier alpha value is -1.32. The Morgan fingerprint density at radius 3 is 2.40 bits per heavy atom. The number of nitrogens with zero attached hydrogens (tertiary/aromatic N) is 1. The zero-order valence-corrected chi connectivity index (χ0v) is 5.96. The van der Waals surface area contributed by atoms with E-state index in [9.17, 15) is 9.59 Å². The molecule has 0 bridgehead atoms. The summed E-state index contributed by atoms with van der Waals surface area (Å²) >= 11 is 0. The first kappa shape index (κ1) is 8.68. The third-order valence-corrected chi connectivity index (χ3v) is 0.715. The highest BCUT2D eigenvalue weighted by Crippen LogP contribution is 1.92. The maximum absolute atomic E-state index is 10.6. The summed E-state index contributed by atoms with van der Waals surface area (Å²) in [5.41, 5.74) is 0. The van der Waals surface area contributed by atoms with Gasteiger partial charge >= 0.3 is 6.09 Å². The molecule has 0 atom stereocenters. The van der Waals surface area contributed by atoms with Gasteiger partial charge in [-0.1, -0.05) is 6.58 Å². The fourth-order valence-electron chi connectivity index (χ4n) is 0.227. The van der Waals surface area contributed by atoms with Crippen LogP contribution in [-0.4, -0.2) is 31.4 Å². The molecule has 0 fully saturated rings. The van der Waals surface area contributed by atoms with Crippen molar-refractivity contribution < 1.29 is 14.3 Å². The van der Waals surface area contributed by atoms with Gasteiger partial charge in [-0.3, -0.25) is 4.79 Å². The molecule has 0 saturated carbocycles. The molecule has 10 heavy (non-hydrogen) atoms. The van der Waals surface area contributed by atoms with Gasteiger partial charge in [0.1, 0.15) is 0 Å². The predicted molar refractivity (Wildman–Crippen MR) is 35.4 cm³/mol. The van der Waals surface area contributed by atoms with Crippen LogP contribution < -0.4 is 0 Å². The molecule has 1 amide bonds. The molecule has 56 valence electrons. The monoisotopic (exact) mass is 143 g/mol. The van der Waals surface area contributed by atoms with Crippen LogP contribution in [0, 0.1) is 0 Å². The lowest BCUT2D eigenvalue weighted by atomic mass is 10.6. The Morgan fingerprint density at radius 1 is 1.60 bits per heavy atom. The number of allylic oxidation sites excluding steroid dienone is 1. The molecule has 0 spiro atoms. The predicted octanol–water partition coefficient (Wildman–Crippen LogP) is 0.397. The molecule has 0 aromatic heterocycles. The second kappa shape index (κ2) is 3.66. The van der Waals surface area contributed by atoms with Gasteiger partial charge in [-0.25, -0.2) is 4.79 Å². The molecule has 0 aliphatic heterocycles. The molecule has 0 unspecified atom stereocenters. The van der Waals surface area contributed by atoms with Crippen molar-refractivity contribution >= 4 is 12.4 Å². The lowest BCUT2D eigenvalue weighted by Gasteiger charge is -2.08. The summed E-state index contributed by atoms with van der Waals surface area (Å²) in [6, 6.07) is 0. The van der Waals surface area contributed by atoms with Gasteiger partial charge in [0.05, 0.1) is 0 Å². The fraction of sp³-hybridized carbons (Fsp3) is 0.333. The highest BCUT2D eigenvalue weighted by atomic mass is 16.6. The summed E-state index contributed by atoms with van der Waals surface area (Å²) in [6.07, 6.45) is -0.224. The second-order valence-electron chi connectivity index (χ2n) is 1.85. The van der Waals surface area contributed by atoms with E-state index in [1.54, 1.807) is 0 Å². The molecule has 0 aliphatic rings. The molecular formula is C6H9NO3. The minimum Gasteiger partial charge on any atom is -0.407 e. The smallest absolute Gasteiger partial charge is 0.407 e. The summed E-state index contributed by atoms with van der Waals surface area (Å²) in [5.74, 6) is -0.182. The first-order valence-corrected chi connectivity index (χ1v) is 2.61. The van der Waals surface area contributed by atoms with Gasteiger partial charge < -0.3 is 9.64 Å². The minimum absolute atomic E-state index is 0.182. The number of aldehydes is 1. The Labute approximate surface area is 59.1 Å². The van der Waals surface area contributed by atoms with Crippen LogP contribution in [0.25, 0.3) is 0 Å². The first-order chi connectivity index (χ1) is 4.57. The molecule has 0 aromatic rings. The molecule has 4 heteroatoms. The molecule has 0 saturated heterocycles. The van der Waals surface area contributed by atoms with Gasteiger partial charge in [0.15, 0.2) is 12.0 Å². The van der Waals surface area contributed by atoms with Crippen LogP contribution in [0.5, 0.6) is 0 Å². The van der Waals surface area contributed by atoms with Crippen LogP contribution in [-0.2, 0) is 9.53 Å². The first-order valence-electron chi connectivity index (χ1n) is 2.61. The quantitative estimate of drug-likeness (QED) is 0.319. The van der Waals surface area contributed by atoms with Gasteiger partial charge in [-0.2, -0.15) is 0 Å². The normalized spacial score (nSPS) is 8.20. The van der Waals surface area contributed by atoms with E-state index in [1.807, 2.05) is 0 Å². The standard InChI is InChI=1S/C6H9NO3/c1-5(4-8)10-6(9)7(2)3/h4H,1H2,2-3H3. The molecular weight excluding hydrogens is 134 g/mol. The number of ether oxygens (including phenoxy) is 1. The Balaban J connectivity index is 3.80. The van der Waals surface area contributed by atoms with Crippen LogP contribution in [0.2, 0.25) is 0 Å². The molecule has 0 aliphatic carbocycles. The van der Waals surface area contributed by atoms with Gasteiger partial charge in [0, 0.05) is 14.1 Å². The van der Waals surface area contributed by atoms with E-state index >= 15 is 0 Å².